The molecule has 2 aliphatic heterocycles. The number of nitrogens with zero attached hydrogens (tertiary/aromatic N) is 4. The maximum Gasteiger partial charge on any atom is 0.261 e. The third kappa shape index (κ3) is 3.97. The minimum absolute atomic E-state index is 0.0776. The van der Waals surface area contributed by atoms with Crippen molar-refractivity contribution in [3.63, 3.8) is 0 Å². The van der Waals surface area contributed by atoms with Crippen LogP contribution in [-0.2, 0) is 11.3 Å². The van der Waals surface area contributed by atoms with E-state index in [2.05, 4.69) is 9.88 Å². The van der Waals surface area contributed by atoms with Gasteiger partial charge in [0.1, 0.15) is 0 Å². The number of aryl methyl sites for hydroxylation is 1. The van der Waals surface area contributed by atoms with Crippen LogP contribution in [-0.4, -0.2) is 58.0 Å². The van der Waals surface area contributed by atoms with Crippen molar-refractivity contribution in [1.29, 1.82) is 0 Å². The van der Waals surface area contributed by atoms with E-state index in [-0.39, 0.29) is 11.5 Å². The molecule has 2 saturated heterocycles. The zero-order valence-electron chi connectivity index (χ0n) is 16.7. The SMILES string of the molecule is CN(C[C@H]1CCCN2CCCC[C@H]12)C(=O)CCn1cnc2ccccc2c1=O. The maximum absolute atomic E-state index is 12.7. The quantitative estimate of drug-likeness (QED) is 0.797. The largest absolute Gasteiger partial charge is 0.345 e. The number of aromatic nitrogens is 2. The standard InChI is InChI=1S/C22H30N4O2/c1-24(15-17-7-6-13-25-12-5-4-10-20(17)25)21(27)11-14-26-16-23-19-9-3-2-8-18(19)22(26)28/h2-3,8-9,16-17,20H,4-7,10-15H2,1H3/t17-,20-/m1/s1. The fourth-order valence-electron chi connectivity index (χ4n) is 4.92. The van der Waals surface area contributed by atoms with Crippen LogP contribution in [0, 0.1) is 5.92 Å². The Balaban J connectivity index is 1.36. The van der Waals surface area contributed by atoms with Crippen LogP contribution >= 0.6 is 0 Å². The number of amides is 1. The predicted octanol–water partition coefficient (Wildman–Crippen LogP) is 2.51. The fraction of sp³-hybridized carbons (Fsp3) is 0.591. The van der Waals surface area contributed by atoms with Gasteiger partial charge in [-0.2, -0.15) is 0 Å². The Labute approximate surface area is 166 Å². The molecule has 2 aromatic rings. The number of carbonyl (C=O) groups is 1. The molecule has 1 aromatic heterocycles. The van der Waals surface area contributed by atoms with Gasteiger partial charge in [-0.1, -0.05) is 18.6 Å². The smallest absolute Gasteiger partial charge is 0.261 e. The van der Waals surface area contributed by atoms with E-state index in [0.29, 0.717) is 35.8 Å². The lowest BCUT2D eigenvalue weighted by Crippen LogP contribution is -2.51. The van der Waals surface area contributed by atoms with Crippen molar-refractivity contribution in [3.05, 3.63) is 40.9 Å². The summed E-state index contributed by atoms with van der Waals surface area (Å²) >= 11 is 0. The number of piperidine rings is 2. The van der Waals surface area contributed by atoms with Crippen LogP contribution in [0.2, 0.25) is 0 Å². The first-order valence-electron chi connectivity index (χ1n) is 10.6. The summed E-state index contributed by atoms with van der Waals surface area (Å²) in [5, 5.41) is 0.602. The second kappa shape index (κ2) is 8.43. The van der Waals surface area contributed by atoms with Gasteiger partial charge >= 0.3 is 0 Å². The molecule has 0 N–H and O–H groups in total. The predicted molar refractivity (Wildman–Crippen MR) is 110 cm³/mol. The molecule has 6 nitrogen and oxygen atoms in total. The Morgan fingerprint density at radius 1 is 1.18 bits per heavy atom. The number of para-hydroxylation sites is 1. The number of rotatable bonds is 5. The molecule has 6 heteroatoms. The molecule has 4 rings (SSSR count). The van der Waals surface area contributed by atoms with Gasteiger partial charge < -0.3 is 9.80 Å². The maximum atomic E-state index is 12.7. The van der Waals surface area contributed by atoms with Crippen LogP contribution < -0.4 is 5.56 Å². The summed E-state index contributed by atoms with van der Waals surface area (Å²) < 4.78 is 1.55. The van der Waals surface area contributed by atoms with Crippen LogP contribution in [0.3, 0.4) is 0 Å². The van der Waals surface area contributed by atoms with E-state index in [1.165, 1.54) is 45.2 Å². The summed E-state index contributed by atoms with van der Waals surface area (Å²) in [4.78, 5) is 34.1. The van der Waals surface area contributed by atoms with Crippen molar-refractivity contribution in [2.45, 2.75) is 51.1 Å². The molecule has 0 saturated carbocycles. The number of carbonyl (C=O) groups excluding carboxylic acids is 1. The molecule has 0 unspecified atom stereocenters. The molecule has 150 valence electrons. The first-order valence-corrected chi connectivity index (χ1v) is 10.6. The summed E-state index contributed by atoms with van der Waals surface area (Å²) in [5.74, 6) is 0.682. The summed E-state index contributed by atoms with van der Waals surface area (Å²) in [7, 11) is 1.91. The van der Waals surface area contributed by atoms with E-state index in [0.717, 1.165) is 6.54 Å². The summed E-state index contributed by atoms with van der Waals surface area (Å²) in [6.07, 6.45) is 8.23. The molecule has 0 radical (unpaired) electrons. The zero-order valence-corrected chi connectivity index (χ0v) is 16.7. The van der Waals surface area contributed by atoms with Crippen LogP contribution in [0.5, 0.6) is 0 Å². The summed E-state index contributed by atoms with van der Waals surface area (Å²) in [6.45, 7) is 3.64. The second-order valence-corrected chi connectivity index (χ2v) is 8.29. The van der Waals surface area contributed by atoms with Gasteiger partial charge in [-0.25, -0.2) is 4.98 Å². The minimum Gasteiger partial charge on any atom is -0.345 e. The first kappa shape index (κ1) is 19.1. The Morgan fingerprint density at radius 3 is 2.89 bits per heavy atom. The molecule has 2 aliphatic rings. The fourth-order valence-corrected chi connectivity index (χ4v) is 4.92. The van der Waals surface area contributed by atoms with Crippen molar-refractivity contribution >= 4 is 16.8 Å². The third-order valence-corrected chi connectivity index (χ3v) is 6.46. The molecule has 2 fully saturated rings. The van der Waals surface area contributed by atoms with Gasteiger partial charge in [0.05, 0.1) is 17.2 Å². The van der Waals surface area contributed by atoms with E-state index in [4.69, 9.17) is 0 Å². The number of benzene rings is 1. The lowest BCUT2D eigenvalue weighted by molar-refractivity contribution is -0.131. The monoisotopic (exact) mass is 382 g/mol. The molecule has 0 spiro atoms. The van der Waals surface area contributed by atoms with E-state index < -0.39 is 0 Å². The van der Waals surface area contributed by atoms with Crippen molar-refractivity contribution in [1.82, 2.24) is 19.4 Å². The second-order valence-electron chi connectivity index (χ2n) is 8.29. The lowest BCUT2D eigenvalue weighted by Gasteiger charge is -2.45. The Morgan fingerprint density at radius 2 is 2.00 bits per heavy atom. The van der Waals surface area contributed by atoms with Gasteiger partial charge in [0.2, 0.25) is 5.91 Å². The van der Waals surface area contributed by atoms with E-state index >= 15 is 0 Å². The summed E-state index contributed by atoms with van der Waals surface area (Å²) in [5.41, 5.74) is 0.618. The average molecular weight is 383 g/mol. The molecule has 28 heavy (non-hydrogen) atoms. The highest BCUT2D eigenvalue weighted by Crippen LogP contribution is 2.31. The van der Waals surface area contributed by atoms with Gasteiger partial charge in [0.15, 0.2) is 0 Å². The zero-order chi connectivity index (χ0) is 19.5. The van der Waals surface area contributed by atoms with Gasteiger partial charge in [0.25, 0.3) is 5.56 Å². The van der Waals surface area contributed by atoms with Gasteiger partial charge in [0, 0.05) is 32.6 Å². The normalized spacial score (nSPS) is 22.8. The number of hydrogen-bond donors (Lipinski definition) is 0. The summed E-state index contributed by atoms with van der Waals surface area (Å²) in [6, 6.07) is 7.97. The molecule has 0 aliphatic carbocycles. The van der Waals surface area contributed by atoms with Crippen molar-refractivity contribution < 1.29 is 4.79 Å². The highest BCUT2D eigenvalue weighted by atomic mass is 16.2. The number of fused-ring (bicyclic) bond motifs is 2. The Hall–Kier alpha value is -2.21. The van der Waals surface area contributed by atoms with Crippen LogP contribution in [0.25, 0.3) is 10.9 Å². The molecular weight excluding hydrogens is 352 g/mol. The molecule has 3 heterocycles. The van der Waals surface area contributed by atoms with E-state index in [1.807, 2.05) is 30.1 Å². The van der Waals surface area contributed by atoms with Gasteiger partial charge in [-0.05, 0) is 56.8 Å². The van der Waals surface area contributed by atoms with Crippen LogP contribution in [0.4, 0.5) is 0 Å². The van der Waals surface area contributed by atoms with E-state index in [9.17, 15) is 9.59 Å². The molecule has 1 aromatic carbocycles. The van der Waals surface area contributed by atoms with Crippen molar-refractivity contribution in [2.24, 2.45) is 5.92 Å². The Bertz CT molecular complexity index is 891. The van der Waals surface area contributed by atoms with E-state index in [1.54, 1.807) is 17.0 Å². The first-order chi connectivity index (χ1) is 13.6. The Kier molecular flexibility index (Phi) is 5.76. The molecule has 2 atom stereocenters. The third-order valence-electron chi connectivity index (χ3n) is 6.46. The van der Waals surface area contributed by atoms with Crippen LogP contribution in [0.1, 0.15) is 38.5 Å². The van der Waals surface area contributed by atoms with Crippen molar-refractivity contribution in [2.75, 3.05) is 26.7 Å². The van der Waals surface area contributed by atoms with Gasteiger partial charge in [-0.15, -0.1) is 0 Å². The molecule has 1 amide bonds. The molecule has 0 bridgehead atoms. The number of hydrogen-bond acceptors (Lipinski definition) is 4. The topological polar surface area (TPSA) is 58.4 Å². The van der Waals surface area contributed by atoms with Gasteiger partial charge in [-0.3, -0.25) is 14.2 Å². The highest BCUT2D eigenvalue weighted by molar-refractivity contribution is 5.77. The molecular formula is C22H30N4O2. The minimum atomic E-state index is -0.0776. The lowest BCUT2D eigenvalue weighted by atomic mass is 9.83. The average Bonchev–Trinajstić information content (AvgIpc) is 2.73. The highest BCUT2D eigenvalue weighted by Gasteiger charge is 2.33. The van der Waals surface area contributed by atoms with Crippen LogP contribution in [0.15, 0.2) is 35.4 Å². The van der Waals surface area contributed by atoms with Crippen molar-refractivity contribution in [3.8, 4) is 0 Å².